The van der Waals surface area contributed by atoms with Crippen LogP contribution in [0.3, 0.4) is 0 Å². The van der Waals surface area contributed by atoms with E-state index in [4.69, 9.17) is 11.6 Å². The Kier molecular flexibility index (Phi) is 2.86. The van der Waals surface area contributed by atoms with Crippen LogP contribution >= 0.6 is 11.6 Å². The standard InChI is InChI=1S/C11H17ClN4O/c1-14-10(8(12)6-13-14)11(17)9-7-15-2-4-16(9)5-3-15/h6,9,11,17H,2-5,7H2,1H3. The molecule has 1 aromatic heterocycles. The molecule has 6 heteroatoms. The monoisotopic (exact) mass is 256 g/mol. The molecule has 5 nitrogen and oxygen atoms in total. The van der Waals surface area contributed by atoms with E-state index in [1.807, 2.05) is 7.05 Å². The lowest BCUT2D eigenvalue weighted by Gasteiger charge is -2.49. The van der Waals surface area contributed by atoms with Gasteiger partial charge in [0, 0.05) is 39.8 Å². The number of aromatic nitrogens is 2. The van der Waals surface area contributed by atoms with Gasteiger partial charge in [-0.1, -0.05) is 11.6 Å². The highest BCUT2D eigenvalue weighted by Crippen LogP contribution is 2.30. The molecular formula is C11H17ClN4O. The summed E-state index contributed by atoms with van der Waals surface area (Å²) in [6.07, 6.45) is 1.04. The van der Waals surface area contributed by atoms with Crippen LogP contribution in [-0.2, 0) is 7.05 Å². The SMILES string of the molecule is Cn1ncc(Cl)c1C(O)C1CN2CCN1CC2. The van der Waals surface area contributed by atoms with Crippen LogP contribution in [0.4, 0.5) is 0 Å². The Morgan fingerprint density at radius 2 is 2.12 bits per heavy atom. The molecule has 0 saturated carbocycles. The number of hydrogen-bond donors (Lipinski definition) is 1. The van der Waals surface area contributed by atoms with Crippen molar-refractivity contribution in [1.82, 2.24) is 19.6 Å². The quantitative estimate of drug-likeness (QED) is 0.816. The van der Waals surface area contributed by atoms with Crippen LogP contribution in [0, 0.1) is 0 Å². The number of rotatable bonds is 2. The molecule has 1 aromatic rings. The Balaban J connectivity index is 1.85. The van der Waals surface area contributed by atoms with Crippen LogP contribution in [0.25, 0.3) is 0 Å². The van der Waals surface area contributed by atoms with Crippen molar-refractivity contribution in [2.75, 3.05) is 32.7 Å². The first-order chi connectivity index (χ1) is 8.16. The maximum atomic E-state index is 10.5. The van der Waals surface area contributed by atoms with E-state index in [1.165, 1.54) is 0 Å². The van der Waals surface area contributed by atoms with Gasteiger partial charge in [-0.05, 0) is 0 Å². The van der Waals surface area contributed by atoms with Crippen LogP contribution in [0.1, 0.15) is 11.8 Å². The zero-order chi connectivity index (χ0) is 12.0. The summed E-state index contributed by atoms with van der Waals surface area (Å²) in [5, 5.41) is 15.1. The van der Waals surface area contributed by atoms with Gasteiger partial charge in [0.05, 0.1) is 23.0 Å². The van der Waals surface area contributed by atoms with Crippen molar-refractivity contribution in [2.45, 2.75) is 12.1 Å². The van der Waals surface area contributed by atoms with Gasteiger partial charge in [-0.25, -0.2) is 0 Å². The van der Waals surface area contributed by atoms with Gasteiger partial charge in [0.2, 0.25) is 0 Å². The Labute approximate surface area is 106 Å². The molecule has 3 aliphatic heterocycles. The number of aliphatic hydroxyl groups excluding tert-OH is 1. The molecule has 3 aliphatic rings. The van der Waals surface area contributed by atoms with Crippen molar-refractivity contribution >= 4 is 11.6 Å². The van der Waals surface area contributed by atoms with Crippen LogP contribution < -0.4 is 0 Å². The van der Waals surface area contributed by atoms with Gasteiger partial charge in [-0.15, -0.1) is 0 Å². The number of piperazine rings is 3. The number of aliphatic hydroxyl groups is 1. The van der Waals surface area contributed by atoms with Crippen LogP contribution in [0.15, 0.2) is 6.20 Å². The van der Waals surface area contributed by atoms with E-state index in [-0.39, 0.29) is 6.04 Å². The Bertz CT molecular complexity index is 394. The maximum Gasteiger partial charge on any atom is 0.114 e. The summed E-state index contributed by atoms with van der Waals surface area (Å²) < 4.78 is 1.67. The highest BCUT2D eigenvalue weighted by molar-refractivity contribution is 6.31. The second-order valence-electron chi connectivity index (χ2n) is 4.85. The molecule has 0 aromatic carbocycles. The molecule has 2 atom stereocenters. The third kappa shape index (κ3) is 1.87. The van der Waals surface area contributed by atoms with Crippen LogP contribution in [0.2, 0.25) is 5.02 Å². The fraction of sp³-hybridized carbons (Fsp3) is 0.727. The van der Waals surface area contributed by atoms with Crippen molar-refractivity contribution in [2.24, 2.45) is 7.05 Å². The topological polar surface area (TPSA) is 44.5 Å². The largest absolute Gasteiger partial charge is 0.385 e. The molecule has 2 unspecified atom stereocenters. The average Bonchev–Trinajstić information content (AvgIpc) is 2.70. The van der Waals surface area contributed by atoms with Crippen molar-refractivity contribution in [3.63, 3.8) is 0 Å². The van der Waals surface area contributed by atoms with Gasteiger partial charge < -0.3 is 5.11 Å². The first kappa shape index (κ1) is 11.5. The summed E-state index contributed by atoms with van der Waals surface area (Å²) in [7, 11) is 1.82. The summed E-state index contributed by atoms with van der Waals surface area (Å²) in [5.41, 5.74) is 0.727. The van der Waals surface area contributed by atoms with Gasteiger partial charge in [0.25, 0.3) is 0 Å². The first-order valence-electron chi connectivity index (χ1n) is 5.98. The summed E-state index contributed by atoms with van der Waals surface area (Å²) in [6, 6.07) is 0.144. The third-order valence-corrected chi connectivity index (χ3v) is 4.19. The second-order valence-corrected chi connectivity index (χ2v) is 5.26. The molecule has 4 heterocycles. The van der Waals surface area contributed by atoms with Gasteiger partial charge in [0.15, 0.2) is 0 Å². The fourth-order valence-electron chi connectivity index (χ4n) is 2.89. The summed E-state index contributed by atoms with van der Waals surface area (Å²) >= 11 is 6.09. The van der Waals surface area contributed by atoms with Crippen LogP contribution in [0.5, 0.6) is 0 Å². The first-order valence-corrected chi connectivity index (χ1v) is 6.36. The van der Waals surface area contributed by atoms with Gasteiger partial charge in [0.1, 0.15) is 6.10 Å². The number of halogens is 1. The highest BCUT2D eigenvalue weighted by atomic mass is 35.5. The number of nitrogens with zero attached hydrogens (tertiary/aromatic N) is 4. The van der Waals surface area contributed by atoms with Crippen molar-refractivity contribution < 1.29 is 5.11 Å². The van der Waals surface area contributed by atoms with E-state index in [0.29, 0.717) is 5.02 Å². The van der Waals surface area contributed by atoms with E-state index in [2.05, 4.69) is 14.9 Å². The molecule has 0 amide bonds. The van der Waals surface area contributed by atoms with Crippen LogP contribution in [-0.4, -0.2) is 63.5 Å². The lowest BCUT2D eigenvalue weighted by atomic mass is 10.00. The molecular weight excluding hydrogens is 240 g/mol. The van der Waals surface area contributed by atoms with Gasteiger partial charge in [-0.2, -0.15) is 5.10 Å². The zero-order valence-electron chi connectivity index (χ0n) is 9.88. The second kappa shape index (κ2) is 4.24. The molecule has 2 bridgehead atoms. The molecule has 3 saturated heterocycles. The van der Waals surface area contributed by atoms with Crippen molar-refractivity contribution in [3.8, 4) is 0 Å². The zero-order valence-corrected chi connectivity index (χ0v) is 10.6. The van der Waals surface area contributed by atoms with E-state index in [1.54, 1.807) is 10.9 Å². The smallest absolute Gasteiger partial charge is 0.114 e. The molecule has 4 rings (SSSR count). The maximum absolute atomic E-state index is 10.5. The molecule has 0 aliphatic carbocycles. The summed E-state index contributed by atoms with van der Waals surface area (Å²) in [4.78, 5) is 4.76. The number of hydrogen-bond acceptors (Lipinski definition) is 4. The van der Waals surface area contributed by atoms with Crippen molar-refractivity contribution in [1.29, 1.82) is 0 Å². The molecule has 0 spiro atoms. The lowest BCUT2D eigenvalue weighted by Crippen LogP contribution is -2.62. The van der Waals surface area contributed by atoms with Gasteiger partial charge >= 0.3 is 0 Å². The minimum atomic E-state index is -0.557. The molecule has 94 valence electrons. The summed E-state index contributed by atoms with van der Waals surface area (Å²) in [6.45, 7) is 5.22. The van der Waals surface area contributed by atoms with E-state index < -0.39 is 6.10 Å². The minimum Gasteiger partial charge on any atom is -0.385 e. The van der Waals surface area contributed by atoms with E-state index in [9.17, 15) is 5.11 Å². The Morgan fingerprint density at radius 1 is 1.41 bits per heavy atom. The van der Waals surface area contributed by atoms with E-state index >= 15 is 0 Å². The molecule has 1 N–H and O–H groups in total. The Morgan fingerprint density at radius 3 is 2.59 bits per heavy atom. The fourth-order valence-corrected chi connectivity index (χ4v) is 3.17. The number of fused-ring (bicyclic) bond motifs is 3. The number of aryl methyl sites for hydroxylation is 1. The average molecular weight is 257 g/mol. The molecule has 0 radical (unpaired) electrons. The Hall–Kier alpha value is -0.620. The molecule has 3 fully saturated rings. The third-order valence-electron chi connectivity index (χ3n) is 3.90. The molecule has 17 heavy (non-hydrogen) atoms. The van der Waals surface area contributed by atoms with Crippen molar-refractivity contribution in [3.05, 3.63) is 16.9 Å². The predicted molar refractivity (Wildman–Crippen MR) is 65.0 cm³/mol. The highest BCUT2D eigenvalue weighted by Gasteiger charge is 2.38. The normalized spacial score (nSPS) is 33.9. The van der Waals surface area contributed by atoms with E-state index in [0.717, 1.165) is 38.4 Å². The predicted octanol–water partition coefficient (Wildman–Crippen LogP) is 0.107. The van der Waals surface area contributed by atoms with Gasteiger partial charge in [-0.3, -0.25) is 14.5 Å². The minimum absolute atomic E-state index is 0.144. The summed E-state index contributed by atoms with van der Waals surface area (Å²) in [5.74, 6) is 0. The lowest BCUT2D eigenvalue weighted by molar-refractivity contribution is -0.0493.